The van der Waals surface area contributed by atoms with E-state index < -0.39 is 0 Å². The number of thiophene rings is 1. The Balaban J connectivity index is 2.14. The first-order valence-electron chi connectivity index (χ1n) is 6.07. The van der Waals surface area contributed by atoms with Gasteiger partial charge in [-0.2, -0.15) is 0 Å². The largest absolute Gasteiger partial charge is 0.146 e. The molecule has 0 atom stereocenters. The zero-order valence-corrected chi connectivity index (χ0v) is 11.3. The molecule has 1 aromatic heterocycles. The fourth-order valence-corrected chi connectivity index (χ4v) is 2.85. The Morgan fingerprint density at radius 2 is 2.06 bits per heavy atom. The first-order valence-corrected chi connectivity index (χ1v) is 6.89. The second-order valence-electron chi connectivity index (χ2n) is 4.20. The molecule has 0 saturated carbocycles. The fraction of sp³-hybridized carbons (Fsp3) is 0.467. The van der Waals surface area contributed by atoms with Gasteiger partial charge in [-0.05, 0) is 51.2 Å². The predicted octanol–water partition coefficient (Wildman–Crippen LogP) is 5.21. The minimum Gasteiger partial charge on any atom is -0.146 e. The molecule has 0 N–H and O–H groups in total. The Labute approximate surface area is 104 Å². The molecule has 16 heavy (non-hydrogen) atoms. The van der Waals surface area contributed by atoms with E-state index in [-0.39, 0.29) is 0 Å². The van der Waals surface area contributed by atoms with Crippen molar-refractivity contribution in [3.63, 3.8) is 0 Å². The van der Waals surface area contributed by atoms with Crippen LogP contribution in [0.2, 0.25) is 0 Å². The molecule has 0 unspecified atom stereocenters. The number of hydrogen-bond acceptors (Lipinski definition) is 1. The van der Waals surface area contributed by atoms with Gasteiger partial charge in [-0.15, -0.1) is 11.3 Å². The monoisotopic (exact) mass is 234 g/mol. The van der Waals surface area contributed by atoms with Gasteiger partial charge in [0.25, 0.3) is 0 Å². The average molecular weight is 234 g/mol. The van der Waals surface area contributed by atoms with E-state index in [1.165, 1.54) is 41.9 Å². The molecule has 0 radical (unpaired) electrons. The zero-order chi connectivity index (χ0) is 11.8. The van der Waals surface area contributed by atoms with Crippen molar-refractivity contribution in [2.75, 3.05) is 0 Å². The molecule has 1 rings (SSSR count). The van der Waals surface area contributed by atoms with Gasteiger partial charge in [0.05, 0.1) is 0 Å². The van der Waals surface area contributed by atoms with Crippen molar-refractivity contribution >= 4 is 11.3 Å². The smallest absolute Gasteiger partial charge is 0.00490 e. The van der Waals surface area contributed by atoms with Crippen molar-refractivity contribution in [3.05, 3.63) is 46.2 Å². The van der Waals surface area contributed by atoms with Gasteiger partial charge in [0.2, 0.25) is 0 Å². The van der Waals surface area contributed by atoms with Crippen LogP contribution in [-0.4, -0.2) is 0 Å². The normalized spacial score (nSPS) is 11.1. The third kappa shape index (κ3) is 4.80. The Morgan fingerprint density at radius 3 is 2.69 bits per heavy atom. The molecular weight excluding hydrogens is 212 g/mol. The summed E-state index contributed by atoms with van der Waals surface area (Å²) in [6, 6.07) is 2.34. The van der Waals surface area contributed by atoms with E-state index in [1.807, 2.05) is 23.5 Å². The van der Waals surface area contributed by atoms with Gasteiger partial charge in [0, 0.05) is 9.75 Å². The summed E-state index contributed by atoms with van der Waals surface area (Å²) >= 11 is 1.92. The Morgan fingerprint density at radius 1 is 1.25 bits per heavy atom. The molecule has 0 aliphatic carbocycles. The van der Waals surface area contributed by atoms with Gasteiger partial charge in [-0.3, -0.25) is 0 Å². The number of rotatable bonds is 7. The Kier molecular flexibility index (Phi) is 6.17. The summed E-state index contributed by atoms with van der Waals surface area (Å²) in [7, 11) is 0. The van der Waals surface area contributed by atoms with Gasteiger partial charge in [-0.1, -0.05) is 31.2 Å². The average Bonchev–Trinajstić information content (AvgIpc) is 2.56. The van der Waals surface area contributed by atoms with Gasteiger partial charge < -0.3 is 0 Å². The molecule has 0 aliphatic rings. The van der Waals surface area contributed by atoms with Crippen LogP contribution in [0.15, 0.2) is 30.9 Å². The van der Waals surface area contributed by atoms with Crippen LogP contribution < -0.4 is 0 Å². The van der Waals surface area contributed by atoms with Gasteiger partial charge in [0.1, 0.15) is 0 Å². The summed E-state index contributed by atoms with van der Waals surface area (Å²) in [5.41, 5.74) is 1.56. The molecule has 0 aliphatic heterocycles. The third-order valence-corrected chi connectivity index (χ3v) is 3.74. The molecule has 0 nitrogen and oxygen atoms in total. The van der Waals surface area contributed by atoms with E-state index in [0.717, 1.165) is 0 Å². The number of hydrogen-bond donors (Lipinski definition) is 0. The SMILES string of the molecule is C=CC=CCCCCCc1cc(C)sc1C. The van der Waals surface area contributed by atoms with Gasteiger partial charge in [0.15, 0.2) is 0 Å². The quantitative estimate of drug-likeness (QED) is 0.449. The van der Waals surface area contributed by atoms with Crippen molar-refractivity contribution in [3.8, 4) is 0 Å². The molecule has 1 heteroatoms. The maximum Gasteiger partial charge on any atom is 0.00490 e. The summed E-state index contributed by atoms with van der Waals surface area (Å²) in [5.74, 6) is 0. The molecule has 0 amide bonds. The highest BCUT2D eigenvalue weighted by molar-refractivity contribution is 7.12. The number of aryl methyl sites for hydroxylation is 3. The highest BCUT2D eigenvalue weighted by Crippen LogP contribution is 2.22. The van der Waals surface area contributed by atoms with E-state index in [2.05, 4.69) is 32.6 Å². The van der Waals surface area contributed by atoms with E-state index in [9.17, 15) is 0 Å². The van der Waals surface area contributed by atoms with Crippen LogP contribution in [0.4, 0.5) is 0 Å². The maximum absolute atomic E-state index is 3.66. The summed E-state index contributed by atoms with van der Waals surface area (Å²) in [6.07, 6.45) is 12.5. The summed E-state index contributed by atoms with van der Waals surface area (Å²) < 4.78 is 0. The lowest BCUT2D eigenvalue weighted by Gasteiger charge is -1.99. The Hall–Kier alpha value is -0.820. The topological polar surface area (TPSA) is 0 Å². The van der Waals surface area contributed by atoms with Gasteiger partial charge >= 0.3 is 0 Å². The molecule has 1 heterocycles. The van der Waals surface area contributed by atoms with Crippen molar-refractivity contribution in [2.45, 2.75) is 46.0 Å². The van der Waals surface area contributed by atoms with Gasteiger partial charge in [-0.25, -0.2) is 0 Å². The second kappa shape index (κ2) is 7.45. The Bertz CT molecular complexity index is 344. The minimum atomic E-state index is 1.19. The van der Waals surface area contributed by atoms with Crippen molar-refractivity contribution in [1.29, 1.82) is 0 Å². The van der Waals surface area contributed by atoms with E-state index >= 15 is 0 Å². The molecule has 0 aromatic carbocycles. The van der Waals surface area contributed by atoms with Crippen LogP contribution >= 0.6 is 11.3 Å². The van der Waals surface area contributed by atoms with Crippen LogP contribution in [-0.2, 0) is 6.42 Å². The van der Waals surface area contributed by atoms with Crippen molar-refractivity contribution < 1.29 is 0 Å². The lowest BCUT2D eigenvalue weighted by molar-refractivity contribution is 0.686. The number of unbranched alkanes of at least 4 members (excludes halogenated alkanes) is 3. The van der Waals surface area contributed by atoms with Crippen LogP contribution in [0.5, 0.6) is 0 Å². The molecule has 88 valence electrons. The van der Waals surface area contributed by atoms with Crippen molar-refractivity contribution in [2.24, 2.45) is 0 Å². The first-order chi connectivity index (χ1) is 7.74. The molecule has 1 aromatic rings. The lowest BCUT2D eigenvalue weighted by Crippen LogP contribution is -1.85. The van der Waals surface area contributed by atoms with Crippen LogP contribution in [0, 0.1) is 13.8 Å². The number of allylic oxidation sites excluding steroid dienone is 3. The first kappa shape index (κ1) is 13.2. The third-order valence-electron chi connectivity index (χ3n) is 2.73. The zero-order valence-electron chi connectivity index (χ0n) is 10.5. The van der Waals surface area contributed by atoms with Crippen LogP contribution in [0.1, 0.15) is 41.0 Å². The van der Waals surface area contributed by atoms with E-state index in [0.29, 0.717) is 0 Å². The molecule has 0 saturated heterocycles. The van der Waals surface area contributed by atoms with E-state index in [4.69, 9.17) is 0 Å². The molecular formula is C15H22S. The molecule has 0 spiro atoms. The van der Waals surface area contributed by atoms with E-state index in [1.54, 1.807) is 5.56 Å². The summed E-state index contributed by atoms with van der Waals surface area (Å²) in [5, 5.41) is 0. The minimum absolute atomic E-state index is 1.19. The molecule has 0 bridgehead atoms. The van der Waals surface area contributed by atoms with Crippen molar-refractivity contribution in [1.82, 2.24) is 0 Å². The maximum atomic E-state index is 3.66. The van der Waals surface area contributed by atoms with Crippen LogP contribution in [0.25, 0.3) is 0 Å². The lowest BCUT2D eigenvalue weighted by atomic mass is 10.1. The highest BCUT2D eigenvalue weighted by atomic mass is 32.1. The second-order valence-corrected chi connectivity index (χ2v) is 5.66. The molecule has 0 fully saturated rings. The summed E-state index contributed by atoms with van der Waals surface area (Å²) in [4.78, 5) is 2.95. The highest BCUT2D eigenvalue weighted by Gasteiger charge is 2.01. The fourth-order valence-electron chi connectivity index (χ4n) is 1.88. The standard InChI is InChI=1S/C15H22S/c1-4-5-6-7-8-9-10-11-15-12-13(2)16-14(15)3/h4-6,12H,1,7-11H2,2-3H3. The van der Waals surface area contributed by atoms with Crippen LogP contribution in [0.3, 0.4) is 0 Å². The summed E-state index contributed by atoms with van der Waals surface area (Å²) in [6.45, 7) is 8.09. The predicted molar refractivity (Wildman–Crippen MR) is 75.3 cm³/mol.